The molecule has 28 heavy (non-hydrogen) atoms. The van der Waals surface area contributed by atoms with Crippen LogP contribution in [0.25, 0.3) is 11.0 Å². The van der Waals surface area contributed by atoms with E-state index in [-0.39, 0.29) is 13.2 Å². The molecule has 3 aromatic rings. The van der Waals surface area contributed by atoms with E-state index in [1.165, 1.54) is 0 Å². The van der Waals surface area contributed by atoms with Crippen molar-refractivity contribution in [1.29, 1.82) is 0 Å². The molecule has 148 valence electrons. The summed E-state index contributed by atoms with van der Waals surface area (Å²) in [5.74, 6) is 0.695. The number of ether oxygens (including phenoxy) is 1. The first-order chi connectivity index (χ1) is 13.5. The normalized spacial score (nSPS) is 11.0. The van der Waals surface area contributed by atoms with Crippen molar-refractivity contribution in [3.05, 3.63) is 59.9 Å². The minimum atomic E-state index is -0.465. The summed E-state index contributed by atoms with van der Waals surface area (Å²) in [4.78, 5) is 24.2. The highest BCUT2D eigenvalue weighted by Gasteiger charge is 2.12. The van der Waals surface area contributed by atoms with Crippen molar-refractivity contribution in [3.8, 4) is 0 Å². The van der Waals surface area contributed by atoms with Gasteiger partial charge in [0.25, 0.3) is 0 Å². The number of benzene rings is 2. The molecule has 0 spiro atoms. The number of nitrogens with zero attached hydrogens (tertiary/aromatic N) is 3. The number of carbonyl (C=O) groups is 1. The molecule has 3 rings (SSSR count). The first kappa shape index (κ1) is 19.7. The van der Waals surface area contributed by atoms with Crippen molar-refractivity contribution in [3.63, 3.8) is 0 Å². The van der Waals surface area contributed by atoms with Crippen LogP contribution in [-0.4, -0.2) is 55.2 Å². The Kier molecular flexibility index (Phi) is 6.49. The van der Waals surface area contributed by atoms with Crippen LogP contribution in [0.3, 0.4) is 0 Å². The van der Waals surface area contributed by atoms with E-state index >= 15 is 0 Å². The smallest absolute Gasteiger partial charge is 0.407 e. The zero-order valence-electron chi connectivity index (χ0n) is 16.6. The molecular formula is C21H27N5O2. The summed E-state index contributed by atoms with van der Waals surface area (Å²) in [7, 11) is 6.18. The number of hydrogen-bond donors (Lipinski definition) is 2. The van der Waals surface area contributed by atoms with E-state index in [1.54, 1.807) is 0 Å². The van der Waals surface area contributed by atoms with Gasteiger partial charge in [-0.3, -0.25) is 0 Å². The highest BCUT2D eigenvalue weighted by Crippen LogP contribution is 2.24. The average Bonchev–Trinajstić information content (AvgIpc) is 3.12. The molecular weight excluding hydrogens is 354 g/mol. The average molecular weight is 381 g/mol. The summed E-state index contributed by atoms with van der Waals surface area (Å²) in [6.45, 7) is 2.38. The Morgan fingerprint density at radius 3 is 2.61 bits per heavy atom. The van der Waals surface area contributed by atoms with E-state index in [1.807, 2.05) is 42.5 Å². The molecule has 0 aliphatic heterocycles. The zero-order chi connectivity index (χ0) is 19.9. The molecule has 0 bridgehead atoms. The first-order valence-corrected chi connectivity index (χ1v) is 9.31. The minimum Gasteiger partial charge on any atom is -0.445 e. The maximum Gasteiger partial charge on any atom is 0.407 e. The highest BCUT2D eigenvalue weighted by atomic mass is 16.5. The summed E-state index contributed by atoms with van der Waals surface area (Å²) in [5, 5.41) is 2.74. The molecule has 0 atom stereocenters. The number of aromatic nitrogens is 2. The Bertz CT molecular complexity index is 908. The van der Waals surface area contributed by atoms with E-state index in [9.17, 15) is 4.79 Å². The van der Waals surface area contributed by atoms with Crippen LogP contribution in [0.1, 0.15) is 11.4 Å². The molecule has 0 unspecified atom stereocenters. The first-order valence-electron chi connectivity index (χ1n) is 9.31. The minimum absolute atomic E-state index is 0.244. The number of carbonyl (C=O) groups excluding carboxylic acids is 1. The molecule has 2 N–H and O–H groups in total. The fraction of sp³-hybridized carbons (Fsp3) is 0.333. The van der Waals surface area contributed by atoms with Gasteiger partial charge in [0.05, 0.1) is 17.7 Å². The Balaban J connectivity index is 1.59. The molecule has 7 heteroatoms. The Labute approximate surface area is 165 Å². The Morgan fingerprint density at radius 1 is 1.07 bits per heavy atom. The molecule has 0 saturated heterocycles. The number of amides is 1. The van der Waals surface area contributed by atoms with Crippen LogP contribution in [0.2, 0.25) is 0 Å². The molecule has 1 heterocycles. The van der Waals surface area contributed by atoms with Gasteiger partial charge in [0.15, 0.2) is 0 Å². The Hall–Kier alpha value is -3.06. The summed E-state index contributed by atoms with van der Waals surface area (Å²) in [6, 6.07) is 15.6. The number of likely N-dealkylation sites (N-methyl/N-ethyl adjacent to an activating group) is 2. The number of para-hydroxylation sites is 1. The van der Waals surface area contributed by atoms with Crippen molar-refractivity contribution in [1.82, 2.24) is 20.2 Å². The molecule has 1 aromatic heterocycles. The quantitative estimate of drug-likeness (QED) is 0.628. The number of rotatable bonds is 8. The zero-order valence-corrected chi connectivity index (χ0v) is 16.6. The number of imidazole rings is 1. The maximum atomic E-state index is 11.9. The van der Waals surface area contributed by atoms with Crippen molar-refractivity contribution < 1.29 is 9.53 Å². The fourth-order valence-electron chi connectivity index (χ4n) is 2.86. The van der Waals surface area contributed by atoms with Crippen molar-refractivity contribution in [2.75, 3.05) is 39.1 Å². The van der Waals surface area contributed by atoms with Crippen LogP contribution < -0.4 is 10.2 Å². The third kappa shape index (κ3) is 5.23. The van der Waals surface area contributed by atoms with Gasteiger partial charge in [-0.15, -0.1) is 0 Å². The lowest BCUT2D eigenvalue weighted by atomic mass is 10.2. The molecule has 0 saturated carbocycles. The number of anilines is 1. The van der Waals surface area contributed by atoms with Crippen molar-refractivity contribution >= 4 is 22.8 Å². The third-order valence-corrected chi connectivity index (χ3v) is 4.45. The number of nitrogens with one attached hydrogen (secondary N) is 2. The van der Waals surface area contributed by atoms with Crippen molar-refractivity contribution in [2.24, 2.45) is 0 Å². The third-order valence-electron chi connectivity index (χ3n) is 4.45. The summed E-state index contributed by atoms with van der Waals surface area (Å²) >= 11 is 0. The number of fused-ring (bicyclic) bond motifs is 1. The highest BCUT2D eigenvalue weighted by molar-refractivity contribution is 5.88. The standard InChI is InChI=1S/C21H27N5O2/c1-25(2)12-13-26(3)18-11-7-10-17-20(18)24-19(23-17)14-22-21(27)28-15-16-8-5-4-6-9-16/h4-11H,12-15H2,1-3H3,(H,22,27)(H,23,24). The van der Waals surface area contributed by atoms with Gasteiger partial charge in [0.1, 0.15) is 17.9 Å². The fourth-order valence-corrected chi connectivity index (χ4v) is 2.86. The van der Waals surface area contributed by atoms with E-state index in [0.717, 1.165) is 35.4 Å². The van der Waals surface area contributed by atoms with Gasteiger partial charge in [0.2, 0.25) is 0 Å². The van der Waals surface area contributed by atoms with Crippen LogP contribution in [-0.2, 0) is 17.9 Å². The lowest BCUT2D eigenvalue weighted by Crippen LogP contribution is -2.28. The van der Waals surface area contributed by atoms with E-state index in [0.29, 0.717) is 5.82 Å². The number of aromatic amines is 1. The predicted octanol–water partition coefficient (Wildman–Crippen LogP) is 2.99. The number of alkyl carbamates (subject to hydrolysis) is 1. The molecule has 0 aliphatic carbocycles. The molecule has 0 radical (unpaired) electrons. The van der Waals surface area contributed by atoms with Gasteiger partial charge in [-0.05, 0) is 31.8 Å². The van der Waals surface area contributed by atoms with Gasteiger partial charge in [-0.2, -0.15) is 0 Å². The monoisotopic (exact) mass is 381 g/mol. The van der Waals surface area contributed by atoms with Gasteiger partial charge >= 0.3 is 6.09 Å². The second kappa shape index (κ2) is 9.23. The van der Waals surface area contributed by atoms with Gasteiger partial charge in [-0.25, -0.2) is 9.78 Å². The Morgan fingerprint density at radius 2 is 1.86 bits per heavy atom. The molecule has 1 amide bonds. The van der Waals surface area contributed by atoms with E-state index in [2.05, 4.69) is 52.3 Å². The van der Waals surface area contributed by atoms with Crippen LogP contribution >= 0.6 is 0 Å². The van der Waals surface area contributed by atoms with Gasteiger partial charge < -0.3 is 24.8 Å². The van der Waals surface area contributed by atoms with Crippen LogP contribution in [0.5, 0.6) is 0 Å². The van der Waals surface area contributed by atoms with Crippen LogP contribution in [0.15, 0.2) is 48.5 Å². The molecule has 0 fully saturated rings. The summed E-state index contributed by atoms with van der Waals surface area (Å²) in [5.41, 5.74) is 3.86. The van der Waals surface area contributed by atoms with Gasteiger partial charge in [-0.1, -0.05) is 36.4 Å². The van der Waals surface area contributed by atoms with Crippen LogP contribution in [0.4, 0.5) is 10.5 Å². The number of H-pyrrole nitrogens is 1. The maximum absolute atomic E-state index is 11.9. The molecule has 7 nitrogen and oxygen atoms in total. The van der Waals surface area contributed by atoms with Crippen LogP contribution in [0, 0.1) is 0 Å². The lowest BCUT2D eigenvalue weighted by Gasteiger charge is -2.21. The van der Waals surface area contributed by atoms with E-state index < -0.39 is 6.09 Å². The molecule has 2 aromatic carbocycles. The summed E-state index contributed by atoms with van der Waals surface area (Å²) < 4.78 is 5.24. The largest absolute Gasteiger partial charge is 0.445 e. The topological polar surface area (TPSA) is 73.5 Å². The van der Waals surface area contributed by atoms with Crippen molar-refractivity contribution in [2.45, 2.75) is 13.2 Å². The molecule has 0 aliphatic rings. The lowest BCUT2D eigenvalue weighted by molar-refractivity contribution is 0.139. The van der Waals surface area contributed by atoms with E-state index in [4.69, 9.17) is 4.74 Å². The van der Waals surface area contributed by atoms with Gasteiger partial charge in [0, 0.05) is 20.1 Å². The number of hydrogen-bond acceptors (Lipinski definition) is 5. The second-order valence-corrected chi connectivity index (χ2v) is 7.00. The second-order valence-electron chi connectivity index (χ2n) is 7.00. The summed E-state index contributed by atoms with van der Waals surface area (Å²) in [6.07, 6.45) is -0.465. The SMILES string of the molecule is CN(C)CCN(C)c1cccc2[nH]c(CNC(=O)OCc3ccccc3)nc12. The predicted molar refractivity (Wildman–Crippen MR) is 111 cm³/mol.